The van der Waals surface area contributed by atoms with E-state index in [9.17, 15) is 4.79 Å². The van der Waals surface area contributed by atoms with Crippen molar-refractivity contribution in [3.63, 3.8) is 0 Å². The normalized spacial score (nSPS) is 11.5. The molecule has 0 aliphatic heterocycles. The third kappa shape index (κ3) is 19.2. The van der Waals surface area contributed by atoms with Gasteiger partial charge in [-0.1, -0.05) is 5.92 Å². The van der Waals surface area contributed by atoms with E-state index in [4.69, 9.17) is 74.8 Å². The summed E-state index contributed by atoms with van der Waals surface area (Å²) in [6, 6.07) is 5.60. The maximum absolute atomic E-state index is 12.3. The molecule has 0 aliphatic carbocycles. The van der Waals surface area contributed by atoms with Crippen LogP contribution in [0.5, 0.6) is 0 Å². The van der Waals surface area contributed by atoms with Crippen molar-refractivity contribution in [1.29, 1.82) is 0 Å². The SMILES string of the molecule is C#CCOCCOCCOCCOCCOCCOCCOCCOCCOCCOCCC(=O)NCCCCn1nc(-c2ccc3oc(N)nc3c2)c2c(N)ncnc21. The molecule has 4 rings (SSSR count). The highest BCUT2D eigenvalue weighted by Crippen LogP contribution is 2.32. The number of nitrogens with zero attached hydrogens (tertiary/aromatic N) is 5. The molecule has 0 saturated heterocycles. The number of carbonyl (C=O) groups excluding carboxylic acids is 1. The molecule has 20 nitrogen and oxygen atoms in total. The fourth-order valence-corrected chi connectivity index (χ4v) is 5.46. The van der Waals surface area contributed by atoms with Gasteiger partial charge in [-0.2, -0.15) is 10.1 Å². The molecule has 0 fully saturated rings. The predicted octanol–water partition coefficient (Wildman–Crippen LogP) is 1.88. The Labute approximate surface area is 350 Å². The van der Waals surface area contributed by atoms with Crippen molar-refractivity contribution < 1.29 is 56.6 Å². The summed E-state index contributed by atoms with van der Waals surface area (Å²) in [6.45, 7) is 10.2. The molecular formula is C40H60N8O12. The molecule has 5 N–H and O–H groups in total. The van der Waals surface area contributed by atoms with Crippen LogP contribution < -0.4 is 16.8 Å². The van der Waals surface area contributed by atoms with Crippen LogP contribution in [-0.2, 0) is 58.7 Å². The molecular weight excluding hydrogens is 784 g/mol. The average Bonchev–Trinajstić information content (AvgIpc) is 3.82. The van der Waals surface area contributed by atoms with Gasteiger partial charge in [0.25, 0.3) is 6.01 Å². The van der Waals surface area contributed by atoms with Crippen LogP contribution in [0.3, 0.4) is 0 Å². The quantitative estimate of drug-likeness (QED) is 0.0434. The van der Waals surface area contributed by atoms with Crippen LogP contribution >= 0.6 is 0 Å². The third-order valence-corrected chi connectivity index (χ3v) is 8.36. The van der Waals surface area contributed by atoms with E-state index >= 15 is 0 Å². The summed E-state index contributed by atoms with van der Waals surface area (Å²) in [5.74, 6) is 2.66. The molecule has 20 heteroatoms. The van der Waals surface area contributed by atoms with E-state index in [0.29, 0.717) is 179 Å². The number of amides is 1. The summed E-state index contributed by atoms with van der Waals surface area (Å²) in [6.07, 6.45) is 8.29. The van der Waals surface area contributed by atoms with Crippen molar-refractivity contribution in [3.8, 4) is 23.6 Å². The minimum absolute atomic E-state index is 0.0713. The summed E-state index contributed by atoms with van der Waals surface area (Å²) < 4.78 is 61.5. The number of aromatic nitrogens is 5. The standard InChI is InChI=1S/C40H60N8O12/c1-2-10-50-12-14-52-16-18-54-20-22-56-24-26-58-28-29-59-27-25-57-23-21-55-19-17-53-15-13-51-11-7-35(49)43-8-3-4-9-48-39-36(38(41)44-31-45-39)37(47-48)32-5-6-34-33(30-32)46-40(42)60-34/h1,5-6,30-31H,3-4,7-29H2,(H2,42,46)(H,43,49)(H2,41,44,45). The molecule has 3 aromatic heterocycles. The average molecular weight is 845 g/mol. The number of carbonyl (C=O) groups is 1. The molecule has 1 amide bonds. The van der Waals surface area contributed by atoms with Crippen molar-refractivity contribution in [3.05, 3.63) is 24.5 Å². The first kappa shape index (κ1) is 48.1. The van der Waals surface area contributed by atoms with Crippen LogP contribution in [-0.4, -0.2) is 169 Å². The zero-order valence-electron chi connectivity index (χ0n) is 34.4. The molecule has 3 heterocycles. The van der Waals surface area contributed by atoms with Gasteiger partial charge < -0.3 is 68.6 Å². The van der Waals surface area contributed by atoms with E-state index in [0.717, 1.165) is 18.4 Å². The lowest BCUT2D eigenvalue weighted by molar-refractivity contribution is -0.122. The number of hydrogen-bond acceptors (Lipinski definition) is 18. The second-order valence-electron chi connectivity index (χ2n) is 12.8. The number of terminal acetylenes is 1. The minimum atomic E-state index is -0.0713. The van der Waals surface area contributed by atoms with Crippen LogP contribution in [0.15, 0.2) is 28.9 Å². The van der Waals surface area contributed by atoms with Crippen LogP contribution in [0.2, 0.25) is 0 Å². The zero-order chi connectivity index (χ0) is 42.3. The number of unbranched alkanes of at least 4 members (excludes halogenated alkanes) is 1. The van der Waals surface area contributed by atoms with Gasteiger partial charge in [-0.25, -0.2) is 14.6 Å². The fraction of sp³-hybridized carbons (Fsp3) is 0.625. The van der Waals surface area contributed by atoms with Crippen LogP contribution in [0.1, 0.15) is 19.3 Å². The number of aryl methyl sites for hydroxylation is 1. The highest BCUT2D eigenvalue weighted by molar-refractivity contribution is 5.99. The Bertz CT molecular complexity index is 1800. The Balaban J connectivity index is 0.862. The lowest BCUT2D eigenvalue weighted by atomic mass is 10.1. The first-order chi connectivity index (χ1) is 29.6. The summed E-state index contributed by atoms with van der Waals surface area (Å²) in [5, 5.41) is 8.39. The van der Waals surface area contributed by atoms with Crippen molar-refractivity contribution in [1.82, 2.24) is 30.0 Å². The van der Waals surface area contributed by atoms with Gasteiger partial charge in [-0.3, -0.25) is 4.79 Å². The molecule has 332 valence electrons. The Morgan fingerprint density at radius 3 is 1.75 bits per heavy atom. The number of benzene rings is 1. The van der Waals surface area contributed by atoms with Gasteiger partial charge in [0, 0.05) is 25.1 Å². The topological polar surface area (TPSA) is 243 Å². The first-order valence-electron chi connectivity index (χ1n) is 20.2. The molecule has 0 bridgehead atoms. The third-order valence-electron chi connectivity index (χ3n) is 8.36. The van der Waals surface area contributed by atoms with E-state index in [-0.39, 0.29) is 18.3 Å². The van der Waals surface area contributed by atoms with Gasteiger partial charge in [0.05, 0.1) is 131 Å². The van der Waals surface area contributed by atoms with Gasteiger partial charge >= 0.3 is 0 Å². The molecule has 0 radical (unpaired) electrons. The first-order valence-corrected chi connectivity index (χ1v) is 20.2. The number of nitrogen functional groups attached to an aromatic ring is 2. The number of nitrogens with two attached hydrogens (primary N) is 2. The van der Waals surface area contributed by atoms with Crippen molar-refractivity contribution in [2.24, 2.45) is 0 Å². The Morgan fingerprint density at radius 1 is 0.700 bits per heavy atom. The van der Waals surface area contributed by atoms with E-state index in [2.05, 4.69) is 26.2 Å². The molecule has 1 aromatic carbocycles. The Morgan fingerprint density at radius 2 is 1.22 bits per heavy atom. The van der Waals surface area contributed by atoms with Gasteiger partial charge in [0.15, 0.2) is 11.2 Å². The van der Waals surface area contributed by atoms with Gasteiger partial charge in [-0.05, 0) is 31.0 Å². The fourth-order valence-electron chi connectivity index (χ4n) is 5.46. The molecule has 4 aromatic rings. The smallest absolute Gasteiger partial charge is 0.292 e. The maximum Gasteiger partial charge on any atom is 0.292 e. The molecule has 0 atom stereocenters. The number of rotatable bonds is 37. The number of anilines is 2. The molecule has 0 aliphatic rings. The maximum atomic E-state index is 12.3. The summed E-state index contributed by atoms with van der Waals surface area (Å²) in [7, 11) is 0. The van der Waals surface area contributed by atoms with E-state index < -0.39 is 0 Å². The van der Waals surface area contributed by atoms with Gasteiger partial charge in [0.1, 0.15) is 30.0 Å². The number of oxazole rings is 1. The summed E-state index contributed by atoms with van der Waals surface area (Å²) in [4.78, 5) is 25.1. The Kier molecular flexibility index (Phi) is 24.5. The van der Waals surface area contributed by atoms with E-state index in [1.54, 1.807) is 6.07 Å². The second-order valence-corrected chi connectivity index (χ2v) is 12.8. The van der Waals surface area contributed by atoms with Crippen molar-refractivity contribution in [2.45, 2.75) is 25.8 Å². The van der Waals surface area contributed by atoms with Crippen molar-refractivity contribution in [2.75, 3.05) is 150 Å². The lowest BCUT2D eigenvalue weighted by Gasteiger charge is -2.09. The summed E-state index contributed by atoms with van der Waals surface area (Å²) in [5.41, 5.74) is 15.2. The molecule has 0 unspecified atom stereocenters. The Hall–Kier alpha value is -4.53. The largest absolute Gasteiger partial charge is 0.424 e. The highest BCUT2D eigenvalue weighted by Gasteiger charge is 2.18. The number of hydrogen-bond donors (Lipinski definition) is 3. The number of nitrogens with one attached hydrogen (secondary N) is 1. The van der Waals surface area contributed by atoms with Gasteiger partial charge in [-0.15, -0.1) is 6.42 Å². The van der Waals surface area contributed by atoms with Crippen LogP contribution in [0, 0.1) is 12.3 Å². The number of ether oxygens (including phenoxy) is 10. The van der Waals surface area contributed by atoms with E-state index in [1.807, 2.05) is 16.8 Å². The second kappa shape index (κ2) is 30.5. The monoisotopic (exact) mass is 844 g/mol. The predicted molar refractivity (Wildman–Crippen MR) is 221 cm³/mol. The summed E-state index contributed by atoms with van der Waals surface area (Å²) >= 11 is 0. The van der Waals surface area contributed by atoms with Gasteiger partial charge in [0.2, 0.25) is 5.91 Å². The number of fused-ring (bicyclic) bond motifs is 2. The van der Waals surface area contributed by atoms with Crippen molar-refractivity contribution >= 4 is 39.9 Å². The molecule has 60 heavy (non-hydrogen) atoms. The van der Waals surface area contributed by atoms with Crippen LogP contribution in [0.4, 0.5) is 11.8 Å². The lowest BCUT2D eigenvalue weighted by Crippen LogP contribution is -2.26. The van der Waals surface area contributed by atoms with Crippen LogP contribution in [0.25, 0.3) is 33.4 Å². The minimum Gasteiger partial charge on any atom is -0.424 e. The van der Waals surface area contributed by atoms with E-state index in [1.165, 1.54) is 6.33 Å². The highest BCUT2D eigenvalue weighted by atomic mass is 16.6. The molecule has 0 spiro atoms. The molecule has 0 saturated carbocycles. The zero-order valence-corrected chi connectivity index (χ0v) is 34.4.